The molecule has 2 N–H and O–H groups in total. The molecule has 30 heavy (non-hydrogen) atoms. The second-order valence-corrected chi connectivity index (χ2v) is 7.26. The van der Waals surface area contributed by atoms with Crippen LogP contribution in [0.2, 0.25) is 0 Å². The number of amides is 1. The van der Waals surface area contributed by atoms with Crippen LogP contribution in [-0.4, -0.2) is 58.8 Å². The Morgan fingerprint density at radius 3 is 2.63 bits per heavy atom. The monoisotopic (exact) mass is 422 g/mol. The lowest BCUT2D eigenvalue weighted by Crippen LogP contribution is -2.46. The molecule has 0 aromatic carbocycles. The summed E-state index contributed by atoms with van der Waals surface area (Å²) in [5.74, 6) is -4.48. The fourth-order valence-corrected chi connectivity index (χ4v) is 2.90. The lowest BCUT2D eigenvalue weighted by molar-refractivity contribution is -0.176. The van der Waals surface area contributed by atoms with Gasteiger partial charge in [-0.2, -0.15) is 0 Å². The van der Waals surface area contributed by atoms with Gasteiger partial charge in [0.1, 0.15) is 18.5 Å². The first-order valence-electron chi connectivity index (χ1n) is 9.67. The third kappa shape index (κ3) is 5.46. The van der Waals surface area contributed by atoms with Crippen LogP contribution < -0.4 is 5.32 Å². The minimum Gasteiger partial charge on any atom is -0.505 e. The van der Waals surface area contributed by atoms with Gasteiger partial charge in [0.2, 0.25) is 0 Å². The molecule has 0 aliphatic carbocycles. The minimum atomic E-state index is -1.31. The van der Waals surface area contributed by atoms with Crippen LogP contribution in [0.3, 0.4) is 0 Å². The first-order valence-corrected chi connectivity index (χ1v) is 9.67. The molecule has 10 heteroatoms. The van der Waals surface area contributed by atoms with E-state index in [4.69, 9.17) is 14.2 Å². The highest BCUT2D eigenvalue weighted by Crippen LogP contribution is 2.23. The molecule has 0 saturated carbocycles. The summed E-state index contributed by atoms with van der Waals surface area (Å²) in [6.45, 7) is 6.05. The zero-order valence-corrected chi connectivity index (χ0v) is 17.3. The van der Waals surface area contributed by atoms with E-state index in [-0.39, 0.29) is 11.3 Å². The van der Waals surface area contributed by atoms with Crippen LogP contribution in [0.1, 0.15) is 44.5 Å². The van der Waals surface area contributed by atoms with Gasteiger partial charge in [0.15, 0.2) is 12.1 Å². The molecule has 4 atom stereocenters. The van der Waals surface area contributed by atoms with Crippen molar-refractivity contribution >= 4 is 23.8 Å². The van der Waals surface area contributed by atoms with E-state index in [1.807, 2.05) is 0 Å². The molecular formula is C20H26N2O8. The van der Waals surface area contributed by atoms with Gasteiger partial charge in [0.25, 0.3) is 5.91 Å². The maximum atomic E-state index is 12.6. The van der Waals surface area contributed by atoms with Gasteiger partial charge < -0.3 is 24.6 Å². The SMILES string of the molecule is CC[C@H]1C(=O)OC[C@H](NC(=O)c2ccncc2O)C(=O)O[C@@H](C)[C@@H]1OC(=O)C(C)C. The molecule has 0 spiro atoms. The van der Waals surface area contributed by atoms with Crippen LogP contribution in [0.15, 0.2) is 18.5 Å². The largest absolute Gasteiger partial charge is 0.505 e. The van der Waals surface area contributed by atoms with Gasteiger partial charge in [-0.1, -0.05) is 20.8 Å². The fourth-order valence-electron chi connectivity index (χ4n) is 2.90. The summed E-state index contributed by atoms with van der Waals surface area (Å²) in [7, 11) is 0. The summed E-state index contributed by atoms with van der Waals surface area (Å²) in [5.41, 5.74) is -0.104. The normalized spacial score (nSPS) is 24.7. The Morgan fingerprint density at radius 1 is 1.33 bits per heavy atom. The Labute approximate surface area is 173 Å². The molecule has 0 bridgehead atoms. The number of cyclic esters (lactones) is 2. The molecule has 2 heterocycles. The minimum absolute atomic E-state index is 0.104. The predicted molar refractivity (Wildman–Crippen MR) is 102 cm³/mol. The lowest BCUT2D eigenvalue weighted by atomic mass is 9.95. The highest BCUT2D eigenvalue weighted by atomic mass is 16.6. The highest BCUT2D eigenvalue weighted by Gasteiger charge is 2.41. The molecule has 1 amide bonds. The van der Waals surface area contributed by atoms with Crippen molar-refractivity contribution in [1.82, 2.24) is 10.3 Å². The van der Waals surface area contributed by atoms with Gasteiger partial charge in [0.05, 0.1) is 23.6 Å². The smallest absolute Gasteiger partial charge is 0.332 e. The standard InChI is InChI=1S/C20H26N2O8/c1-5-12-16(30-18(25)10(2)3)11(4)29-20(27)14(9-28-19(12)26)22-17(24)13-6-7-21-8-15(13)23/h6-8,10-12,14,16,23H,5,9H2,1-4H3,(H,22,24)/t11-,12+,14-,16-/m0/s1. The van der Waals surface area contributed by atoms with Crippen molar-refractivity contribution in [2.75, 3.05) is 6.61 Å². The Morgan fingerprint density at radius 2 is 2.03 bits per heavy atom. The first kappa shape index (κ1) is 23.1. The van der Waals surface area contributed by atoms with E-state index in [2.05, 4.69) is 10.3 Å². The Bertz CT molecular complexity index is 810. The van der Waals surface area contributed by atoms with Crippen LogP contribution in [0, 0.1) is 11.8 Å². The number of aromatic nitrogens is 1. The number of carbonyl (C=O) groups excluding carboxylic acids is 4. The molecule has 164 valence electrons. The van der Waals surface area contributed by atoms with Crippen molar-refractivity contribution in [3.05, 3.63) is 24.0 Å². The number of nitrogens with zero attached hydrogens (tertiary/aromatic N) is 1. The van der Waals surface area contributed by atoms with E-state index in [9.17, 15) is 24.3 Å². The van der Waals surface area contributed by atoms with Crippen LogP contribution in [0.4, 0.5) is 0 Å². The Balaban J connectivity index is 2.23. The second kappa shape index (κ2) is 10.0. The van der Waals surface area contributed by atoms with Crippen molar-refractivity contribution in [2.24, 2.45) is 11.8 Å². The van der Waals surface area contributed by atoms with E-state index >= 15 is 0 Å². The quantitative estimate of drug-likeness (QED) is 0.524. The number of nitrogens with one attached hydrogen (secondary N) is 1. The number of carbonyl (C=O) groups is 4. The summed E-state index contributed by atoms with van der Waals surface area (Å²) >= 11 is 0. The number of hydrogen-bond donors (Lipinski definition) is 2. The van der Waals surface area contributed by atoms with Crippen LogP contribution in [0.5, 0.6) is 5.75 Å². The van der Waals surface area contributed by atoms with Gasteiger partial charge in [-0.25, -0.2) is 4.79 Å². The van der Waals surface area contributed by atoms with Crippen LogP contribution >= 0.6 is 0 Å². The number of rotatable bonds is 5. The van der Waals surface area contributed by atoms with E-state index in [0.29, 0.717) is 6.42 Å². The summed E-state index contributed by atoms with van der Waals surface area (Å²) in [5, 5.41) is 12.1. The maximum absolute atomic E-state index is 12.6. The van der Waals surface area contributed by atoms with Crippen molar-refractivity contribution in [1.29, 1.82) is 0 Å². The van der Waals surface area contributed by atoms with Crippen LogP contribution in [-0.2, 0) is 28.6 Å². The Hall–Kier alpha value is -3.17. The van der Waals surface area contributed by atoms with Crippen molar-refractivity contribution < 1.29 is 38.5 Å². The number of pyridine rings is 1. The number of hydrogen-bond acceptors (Lipinski definition) is 9. The molecular weight excluding hydrogens is 396 g/mol. The molecule has 1 aliphatic rings. The molecule has 1 aromatic heterocycles. The molecule has 2 rings (SSSR count). The van der Waals surface area contributed by atoms with Crippen molar-refractivity contribution in [3.63, 3.8) is 0 Å². The maximum Gasteiger partial charge on any atom is 0.332 e. The number of aromatic hydroxyl groups is 1. The van der Waals surface area contributed by atoms with Gasteiger partial charge in [-0.3, -0.25) is 19.4 Å². The highest BCUT2D eigenvalue weighted by molar-refractivity contribution is 5.98. The number of esters is 3. The van der Waals surface area contributed by atoms with Crippen molar-refractivity contribution in [2.45, 2.75) is 52.4 Å². The summed E-state index contributed by atoms with van der Waals surface area (Å²) in [6, 6.07) is -0.0394. The zero-order chi connectivity index (χ0) is 22.4. The van der Waals surface area contributed by atoms with E-state index < -0.39 is 60.5 Å². The summed E-state index contributed by atoms with van der Waals surface area (Å²) in [4.78, 5) is 53.4. The summed E-state index contributed by atoms with van der Waals surface area (Å²) in [6.07, 6.45) is 0.693. The average molecular weight is 422 g/mol. The molecule has 1 fully saturated rings. The van der Waals surface area contributed by atoms with Gasteiger partial charge in [0, 0.05) is 6.20 Å². The molecule has 1 saturated heterocycles. The average Bonchev–Trinajstić information content (AvgIpc) is 2.73. The second-order valence-electron chi connectivity index (χ2n) is 7.26. The van der Waals surface area contributed by atoms with Crippen molar-refractivity contribution in [3.8, 4) is 5.75 Å². The van der Waals surface area contributed by atoms with E-state index in [0.717, 1.165) is 6.20 Å². The van der Waals surface area contributed by atoms with E-state index in [1.165, 1.54) is 19.2 Å². The third-order valence-electron chi connectivity index (χ3n) is 4.65. The molecule has 0 radical (unpaired) electrons. The summed E-state index contributed by atoms with van der Waals surface area (Å²) < 4.78 is 16.0. The molecule has 1 aromatic rings. The van der Waals surface area contributed by atoms with Crippen LogP contribution in [0.25, 0.3) is 0 Å². The topological polar surface area (TPSA) is 141 Å². The fraction of sp³-hybridized carbons (Fsp3) is 0.550. The first-order chi connectivity index (χ1) is 14.1. The zero-order valence-electron chi connectivity index (χ0n) is 17.3. The van der Waals surface area contributed by atoms with Gasteiger partial charge >= 0.3 is 17.9 Å². The Kier molecular flexibility index (Phi) is 7.73. The molecule has 1 aliphatic heterocycles. The number of ether oxygens (including phenoxy) is 3. The predicted octanol–water partition coefficient (Wildman–Crippen LogP) is 0.968. The lowest BCUT2D eigenvalue weighted by Gasteiger charge is -2.29. The van der Waals surface area contributed by atoms with Gasteiger partial charge in [-0.05, 0) is 19.4 Å². The van der Waals surface area contributed by atoms with E-state index in [1.54, 1.807) is 20.8 Å². The third-order valence-corrected chi connectivity index (χ3v) is 4.65. The van der Waals surface area contributed by atoms with Gasteiger partial charge in [-0.15, -0.1) is 0 Å². The molecule has 0 unspecified atom stereocenters. The molecule has 10 nitrogen and oxygen atoms in total.